The van der Waals surface area contributed by atoms with Crippen LogP contribution in [0.25, 0.3) is 0 Å². The van der Waals surface area contributed by atoms with Gasteiger partial charge >= 0.3 is 0 Å². The maximum atomic E-state index is 8.75. The van der Waals surface area contributed by atoms with Gasteiger partial charge in [0.2, 0.25) is 0 Å². The van der Waals surface area contributed by atoms with Crippen molar-refractivity contribution in [2.24, 2.45) is 0 Å². The number of anilines is 1. The fraction of sp³-hybridized carbons (Fsp3) is 0.500. The second-order valence-electron chi connectivity index (χ2n) is 3.10. The Balaban J connectivity index is 2.83. The van der Waals surface area contributed by atoms with E-state index in [1.54, 1.807) is 6.07 Å². The van der Waals surface area contributed by atoms with Crippen molar-refractivity contribution in [1.82, 2.24) is 4.98 Å². The van der Waals surface area contributed by atoms with E-state index in [4.69, 9.17) is 28.3 Å². The summed E-state index contributed by atoms with van der Waals surface area (Å²) in [5, 5.41) is 13.6. The highest BCUT2D eigenvalue weighted by Gasteiger charge is 2.09. The molecule has 0 saturated heterocycles. The quantitative estimate of drug-likeness (QED) is 0.785. The van der Waals surface area contributed by atoms with Crippen molar-refractivity contribution in [3.8, 4) is 0 Å². The van der Waals surface area contributed by atoms with Gasteiger partial charge in [-0.3, -0.25) is 0 Å². The van der Waals surface area contributed by atoms with Crippen molar-refractivity contribution in [2.45, 2.75) is 18.4 Å². The molecule has 0 fully saturated rings. The third kappa shape index (κ3) is 4.01. The van der Waals surface area contributed by atoms with Crippen LogP contribution >= 0.6 is 35.0 Å². The first kappa shape index (κ1) is 13.9. The van der Waals surface area contributed by atoms with Gasteiger partial charge in [0.05, 0.1) is 16.7 Å². The molecule has 0 radical (unpaired) electrons. The molecule has 1 heterocycles. The zero-order valence-corrected chi connectivity index (χ0v) is 11.3. The summed E-state index contributed by atoms with van der Waals surface area (Å²) in [5.74, 6) is 1.22. The largest absolute Gasteiger partial charge is 0.396 e. The third-order valence-electron chi connectivity index (χ3n) is 1.77. The first-order valence-electron chi connectivity index (χ1n) is 5.02. The molecule has 0 bridgehead atoms. The summed E-state index contributed by atoms with van der Waals surface area (Å²) in [6.45, 7) is 2.99. The van der Waals surface area contributed by atoms with E-state index in [9.17, 15) is 0 Å². The molecule has 16 heavy (non-hydrogen) atoms. The van der Waals surface area contributed by atoms with E-state index in [1.807, 2.05) is 0 Å². The van der Waals surface area contributed by atoms with Gasteiger partial charge in [-0.1, -0.05) is 30.1 Å². The molecular weight excluding hydrogens is 267 g/mol. The molecule has 0 aliphatic carbocycles. The average molecular weight is 281 g/mol. The Hall–Kier alpha value is -0.160. The molecule has 0 aromatic carbocycles. The molecule has 3 nitrogen and oxygen atoms in total. The van der Waals surface area contributed by atoms with Crippen LogP contribution in [0.4, 0.5) is 5.82 Å². The highest BCUT2D eigenvalue weighted by molar-refractivity contribution is 7.99. The van der Waals surface area contributed by atoms with Gasteiger partial charge in [-0.05, 0) is 12.5 Å². The number of nitrogens with one attached hydrogen (secondary N) is 1. The van der Waals surface area contributed by atoms with E-state index >= 15 is 0 Å². The lowest BCUT2D eigenvalue weighted by atomic mass is 10.4. The molecule has 1 aromatic rings. The maximum Gasteiger partial charge on any atom is 0.146 e. The standard InChI is InChI=1S/C10H14Cl2N2OS/c1-2-3-13-9-7(11)6-8(12)10(14-9)16-5-4-15/h6,15H,2-5H2,1H3,(H,13,14). The van der Waals surface area contributed by atoms with Crippen LogP contribution < -0.4 is 5.32 Å². The van der Waals surface area contributed by atoms with Gasteiger partial charge in [-0.2, -0.15) is 0 Å². The fourth-order valence-corrected chi connectivity index (χ4v) is 2.29. The van der Waals surface area contributed by atoms with E-state index in [-0.39, 0.29) is 6.61 Å². The number of aliphatic hydroxyl groups is 1. The van der Waals surface area contributed by atoms with Gasteiger partial charge in [0, 0.05) is 12.3 Å². The van der Waals surface area contributed by atoms with Crippen molar-refractivity contribution in [3.05, 3.63) is 16.1 Å². The first-order valence-corrected chi connectivity index (χ1v) is 6.76. The van der Waals surface area contributed by atoms with Crippen LogP contribution in [-0.2, 0) is 0 Å². The Kier molecular flexibility index (Phi) is 6.28. The first-order chi connectivity index (χ1) is 7.69. The van der Waals surface area contributed by atoms with Crippen molar-refractivity contribution < 1.29 is 5.11 Å². The number of aliphatic hydroxyl groups excluding tert-OH is 1. The fourth-order valence-electron chi connectivity index (χ4n) is 1.06. The van der Waals surface area contributed by atoms with Gasteiger partial charge in [-0.25, -0.2) is 4.98 Å². The number of thioether (sulfide) groups is 1. The van der Waals surface area contributed by atoms with Crippen LogP contribution in [-0.4, -0.2) is 29.0 Å². The highest BCUT2D eigenvalue weighted by Crippen LogP contribution is 2.31. The van der Waals surface area contributed by atoms with Gasteiger partial charge < -0.3 is 10.4 Å². The van der Waals surface area contributed by atoms with Crippen LogP contribution in [0, 0.1) is 0 Å². The van der Waals surface area contributed by atoms with E-state index < -0.39 is 0 Å². The topological polar surface area (TPSA) is 45.2 Å². The summed E-state index contributed by atoms with van der Waals surface area (Å²) in [6.07, 6.45) is 1.000. The van der Waals surface area contributed by atoms with Crippen molar-refractivity contribution in [1.29, 1.82) is 0 Å². The lowest BCUT2D eigenvalue weighted by Gasteiger charge is -2.09. The number of nitrogens with zero attached hydrogens (tertiary/aromatic N) is 1. The maximum absolute atomic E-state index is 8.75. The minimum absolute atomic E-state index is 0.100. The Bertz CT molecular complexity index is 321. The highest BCUT2D eigenvalue weighted by atomic mass is 35.5. The summed E-state index contributed by atoms with van der Waals surface area (Å²) >= 11 is 13.4. The number of hydrogen-bond acceptors (Lipinski definition) is 4. The summed E-state index contributed by atoms with van der Waals surface area (Å²) in [7, 11) is 0. The monoisotopic (exact) mass is 280 g/mol. The molecule has 0 aliphatic rings. The number of pyridine rings is 1. The second-order valence-corrected chi connectivity index (χ2v) is 5.00. The van der Waals surface area contributed by atoms with E-state index in [0.29, 0.717) is 26.6 Å². The Morgan fingerprint density at radius 1 is 1.44 bits per heavy atom. The molecule has 0 spiro atoms. The second kappa shape index (κ2) is 7.22. The normalized spacial score (nSPS) is 10.5. The van der Waals surface area contributed by atoms with Crippen LogP contribution in [0.15, 0.2) is 11.1 Å². The number of hydrogen-bond donors (Lipinski definition) is 2. The molecule has 6 heteroatoms. The molecule has 0 saturated carbocycles. The molecule has 0 aliphatic heterocycles. The summed E-state index contributed by atoms with van der Waals surface area (Å²) in [5.41, 5.74) is 0. The minimum atomic E-state index is 0.100. The molecule has 1 rings (SSSR count). The van der Waals surface area contributed by atoms with E-state index in [1.165, 1.54) is 11.8 Å². The smallest absolute Gasteiger partial charge is 0.146 e. The van der Waals surface area contributed by atoms with E-state index in [0.717, 1.165) is 13.0 Å². The SMILES string of the molecule is CCCNc1nc(SCCO)c(Cl)cc1Cl. The average Bonchev–Trinajstić information content (AvgIpc) is 2.26. The number of halogens is 2. The molecule has 1 aromatic heterocycles. The Morgan fingerprint density at radius 3 is 2.81 bits per heavy atom. The number of aromatic nitrogens is 1. The summed E-state index contributed by atoms with van der Waals surface area (Å²) in [6, 6.07) is 1.67. The van der Waals surface area contributed by atoms with Crippen LogP contribution in [0.5, 0.6) is 0 Å². The van der Waals surface area contributed by atoms with Crippen molar-refractivity contribution in [3.63, 3.8) is 0 Å². The van der Waals surface area contributed by atoms with Crippen molar-refractivity contribution in [2.75, 3.05) is 24.2 Å². The lowest BCUT2D eigenvalue weighted by molar-refractivity contribution is 0.322. The van der Waals surface area contributed by atoms with Crippen LogP contribution in [0.1, 0.15) is 13.3 Å². The third-order valence-corrected chi connectivity index (χ3v) is 3.43. The van der Waals surface area contributed by atoms with Crippen LogP contribution in [0.2, 0.25) is 10.0 Å². The predicted octanol–water partition coefficient (Wildman–Crippen LogP) is 3.29. The molecular formula is C10H14Cl2N2OS. The molecule has 2 N–H and O–H groups in total. The summed E-state index contributed by atoms with van der Waals surface area (Å²) in [4.78, 5) is 4.32. The summed E-state index contributed by atoms with van der Waals surface area (Å²) < 4.78 is 0. The van der Waals surface area contributed by atoms with Gasteiger partial charge in [0.1, 0.15) is 10.8 Å². The Labute approximate surface area is 110 Å². The molecule has 0 amide bonds. The number of rotatable bonds is 6. The van der Waals surface area contributed by atoms with Gasteiger partial charge in [0.25, 0.3) is 0 Å². The van der Waals surface area contributed by atoms with Gasteiger partial charge in [-0.15, -0.1) is 11.8 Å². The van der Waals surface area contributed by atoms with E-state index in [2.05, 4.69) is 17.2 Å². The van der Waals surface area contributed by atoms with Crippen molar-refractivity contribution >= 4 is 40.8 Å². The molecule has 0 unspecified atom stereocenters. The Morgan fingerprint density at radius 2 is 2.19 bits per heavy atom. The zero-order valence-electron chi connectivity index (χ0n) is 8.96. The lowest BCUT2D eigenvalue weighted by Crippen LogP contribution is -2.03. The molecule has 90 valence electrons. The minimum Gasteiger partial charge on any atom is -0.396 e. The molecule has 0 atom stereocenters. The predicted molar refractivity (Wildman–Crippen MR) is 70.8 cm³/mol. The zero-order chi connectivity index (χ0) is 12.0. The van der Waals surface area contributed by atoms with Gasteiger partial charge in [0.15, 0.2) is 0 Å². The van der Waals surface area contributed by atoms with Crippen LogP contribution in [0.3, 0.4) is 0 Å².